The van der Waals surface area contributed by atoms with Gasteiger partial charge in [-0.15, -0.1) is 11.3 Å². The zero-order valence-corrected chi connectivity index (χ0v) is 12.7. The Morgan fingerprint density at radius 3 is 2.45 bits per heavy atom. The van der Waals surface area contributed by atoms with E-state index < -0.39 is 0 Å². The minimum absolute atomic E-state index is 0.0576. The Bertz CT molecular complexity index is 589. The zero-order valence-electron chi connectivity index (χ0n) is 11.9. The number of thiazole rings is 1. The molecule has 0 fully saturated rings. The summed E-state index contributed by atoms with van der Waals surface area (Å²) < 4.78 is 0. The number of aryl methyl sites for hydroxylation is 1. The number of aromatic nitrogens is 1. The summed E-state index contributed by atoms with van der Waals surface area (Å²) in [6.45, 7) is 5.63. The van der Waals surface area contributed by atoms with Crippen molar-refractivity contribution in [1.82, 2.24) is 4.98 Å². The molecule has 0 bridgehead atoms. The first-order chi connectivity index (χ1) is 9.47. The Kier molecular flexibility index (Phi) is 4.52. The highest BCUT2D eigenvalue weighted by molar-refractivity contribution is 7.13. The monoisotopic (exact) mass is 289 g/mol. The second-order valence-electron chi connectivity index (χ2n) is 5.01. The van der Waals surface area contributed by atoms with E-state index in [1.54, 1.807) is 11.3 Å². The van der Waals surface area contributed by atoms with Crippen LogP contribution >= 0.6 is 11.3 Å². The fraction of sp³-hybridized carbons (Fsp3) is 0.333. The number of carbonyl (C=O) groups is 1. The minimum Gasteiger partial charge on any atom is -0.327 e. The van der Waals surface area contributed by atoms with Gasteiger partial charge in [0.15, 0.2) is 0 Å². The Hall–Kier alpha value is -1.72. The van der Waals surface area contributed by atoms with Crippen molar-refractivity contribution in [2.24, 2.45) is 11.7 Å². The first-order valence-electron chi connectivity index (χ1n) is 6.56. The molecule has 3 N–H and O–H groups in total. The molecule has 0 aliphatic carbocycles. The number of anilines is 1. The largest absolute Gasteiger partial charge is 0.327 e. The average molecular weight is 289 g/mol. The molecule has 0 saturated carbocycles. The van der Waals surface area contributed by atoms with Crippen LogP contribution in [0.3, 0.4) is 0 Å². The van der Waals surface area contributed by atoms with Crippen molar-refractivity contribution in [2.75, 3.05) is 5.32 Å². The van der Waals surface area contributed by atoms with Crippen molar-refractivity contribution >= 4 is 22.9 Å². The Labute approximate surface area is 123 Å². The predicted molar refractivity (Wildman–Crippen MR) is 83.7 cm³/mol. The van der Waals surface area contributed by atoms with E-state index in [1.807, 2.05) is 50.4 Å². The summed E-state index contributed by atoms with van der Waals surface area (Å²) in [6.07, 6.45) is 0. The lowest BCUT2D eigenvalue weighted by Gasteiger charge is -2.15. The highest BCUT2D eigenvalue weighted by Crippen LogP contribution is 2.25. The molecule has 106 valence electrons. The molecule has 20 heavy (non-hydrogen) atoms. The number of rotatable bonds is 4. The maximum Gasteiger partial charge on any atom is 0.228 e. The second-order valence-corrected chi connectivity index (χ2v) is 5.87. The first-order valence-corrected chi connectivity index (χ1v) is 7.44. The average Bonchev–Trinajstić information content (AvgIpc) is 2.85. The smallest absolute Gasteiger partial charge is 0.228 e. The molecule has 2 aromatic rings. The molecule has 1 amide bonds. The van der Waals surface area contributed by atoms with Crippen LogP contribution in [-0.2, 0) is 4.79 Å². The highest BCUT2D eigenvalue weighted by atomic mass is 32.1. The van der Waals surface area contributed by atoms with Crippen LogP contribution in [0.4, 0.5) is 5.69 Å². The fourth-order valence-corrected chi connectivity index (χ4v) is 2.48. The van der Waals surface area contributed by atoms with Gasteiger partial charge in [0.2, 0.25) is 5.91 Å². The summed E-state index contributed by atoms with van der Waals surface area (Å²) >= 11 is 1.62. The molecular formula is C15H19N3OS. The third-order valence-electron chi connectivity index (χ3n) is 3.22. The van der Waals surface area contributed by atoms with E-state index in [0.717, 1.165) is 22.0 Å². The maximum absolute atomic E-state index is 11.9. The minimum atomic E-state index is -0.212. The SMILES string of the molecule is Cc1csc(-c2ccc(NC(=O)C(C)C(C)N)cc2)n1. The number of nitrogens with one attached hydrogen (secondary N) is 1. The van der Waals surface area contributed by atoms with Crippen molar-refractivity contribution < 1.29 is 4.79 Å². The van der Waals surface area contributed by atoms with Gasteiger partial charge in [0.25, 0.3) is 0 Å². The van der Waals surface area contributed by atoms with Crippen LogP contribution in [0.15, 0.2) is 29.6 Å². The maximum atomic E-state index is 11.9. The Morgan fingerprint density at radius 1 is 1.30 bits per heavy atom. The summed E-state index contributed by atoms with van der Waals surface area (Å²) in [4.78, 5) is 16.3. The van der Waals surface area contributed by atoms with Gasteiger partial charge in [-0.25, -0.2) is 4.98 Å². The van der Waals surface area contributed by atoms with Gasteiger partial charge in [-0.1, -0.05) is 6.92 Å². The number of nitrogens with zero attached hydrogens (tertiary/aromatic N) is 1. The van der Waals surface area contributed by atoms with E-state index in [9.17, 15) is 4.79 Å². The van der Waals surface area contributed by atoms with Crippen molar-refractivity contribution in [1.29, 1.82) is 0 Å². The fourth-order valence-electron chi connectivity index (χ4n) is 1.68. The van der Waals surface area contributed by atoms with Gasteiger partial charge >= 0.3 is 0 Å². The molecule has 2 unspecified atom stereocenters. The van der Waals surface area contributed by atoms with Gasteiger partial charge < -0.3 is 11.1 Å². The Balaban J connectivity index is 2.07. The molecule has 5 heteroatoms. The standard InChI is InChI=1S/C15H19N3OS/c1-9-8-20-15(17-9)12-4-6-13(7-5-12)18-14(19)10(2)11(3)16/h4-8,10-11H,16H2,1-3H3,(H,18,19). The van der Waals surface area contributed by atoms with Crippen LogP contribution in [-0.4, -0.2) is 16.9 Å². The van der Waals surface area contributed by atoms with E-state index in [4.69, 9.17) is 5.73 Å². The van der Waals surface area contributed by atoms with Crippen LogP contribution in [0.1, 0.15) is 19.5 Å². The van der Waals surface area contributed by atoms with E-state index in [1.165, 1.54) is 0 Å². The number of hydrogen-bond donors (Lipinski definition) is 2. The molecule has 2 rings (SSSR count). The molecule has 2 atom stereocenters. The van der Waals surface area contributed by atoms with Crippen LogP contribution < -0.4 is 11.1 Å². The van der Waals surface area contributed by atoms with Gasteiger partial charge in [-0.3, -0.25) is 4.79 Å². The molecule has 4 nitrogen and oxygen atoms in total. The van der Waals surface area contributed by atoms with E-state index in [-0.39, 0.29) is 17.9 Å². The number of benzene rings is 1. The van der Waals surface area contributed by atoms with Crippen LogP contribution in [0, 0.1) is 12.8 Å². The summed E-state index contributed by atoms with van der Waals surface area (Å²) in [5, 5.41) is 5.88. The van der Waals surface area contributed by atoms with Crippen LogP contribution in [0.5, 0.6) is 0 Å². The molecule has 0 radical (unpaired) electrons. The number of nitrogens with two attached hydrogens (primary N) is 1. The lowest BCUT2D eigenvalue weighted by Crippen LogP contribution is -2.34. The van der Waals surface area contributed by atoms with Crippen molar-refractivity contribution in [3.05, 3.63) is 35.3 Å². The molecule has 0 aliphatic rings. The van der Waals surface area contributed by atoms with E-state index >= 15 is 0 Å². The first kappa shape index (κ1) is 14.7. The third-order valence-corrected chi connectivity index (χ3v) is 4.23. The van der Waals surface area contributed by atoms with Crippen LogP contribution in [0.25, 0.3) is 10.6 Å². The molecule has 0 spiro atoms. The summed E-state index contributed by atoms with van der Waals surface area (Å²) in [7, 11) is 0. The number of carbonyl (C=O) groups excluding carboxylic acids is 1. The van der Waals surface area contributed by atoms with Gasteiger partial charge in [0.05, 0.1) is 5.92 Å². The molecule has 0 aliphatic heterocycles. The molecule has 0 saturated heterocycles. The van der Waals surface area contributed by atoms with Crippen molar-refractivity contribution in [3.63, 3.8) is 0 Å². The van der Waals surface area contributed by atoms with E-state index in [0.29, 0.717) is 0 Å². The Morgan fingerprint density at radius 2 is 1.95 bits per heavy atom. The molecule has 1 heterocycles. The second kappa shape index (κ2) is 6.15. The van der Waals surface area contributed by atoms with E-state index in [2.05, 4.69) is 10.3 Å². The van der Waals surface area contributed by atoms with Gasteiger partial charge in [-0.2, -0.15) is 0 Å². The third kappa shape index (κ3) is 3.43. The predicted octanol–water partition coefficient (Wildman–Crippen LogP) is 3.04. The quantitative estimate of drug-likeness (QED) is 0.909. The summed E-state index contributed by atoms with van der Waals surface area (Å²) in [5.41, 5.74) is 8.58. The summed E-state index contributed by atoms with van der Waals surface area (Å²) in [6, 6.07) is 7.54. The zero-order chi connectivity index (χ0) is 14.7. The molecule has 1 aromatic carbocycles. The van der Waals surface area contributed by atoms with Crippen molar-refractivity contribution in [3.8, 4) is 10.6 Å². The molecular weight excluding hydrogens is 270 g/mol. The molecule has 1 aromatic heterocycles. The van der Waals surface area contributed by atoms with Crippen molar-refractivity contribution in [2.45, 2.75) is 26.8 Å². The number of hydrogen-bond acceptors (Lipinski definition) is 4. The normalized spacial score (nSPS) is 13.8. The highest BCUT2D eigenvalue weighted by Gasteiger charge is 2.16. The summed E-state index contributed by atoms with van der Waals surface area (Å²) in [5.74, 6) is -0.269. The van der Waals surface area contributed by atoms with Gasteiger partial charge in [0.1, 0.15) is 5.01 Å². The lowest BCUT2D eigenvalue weighted by atomic mass is 10.0. The number of amides is 1. The lowest BCUT2D eigenvalue weighted by molar-refractivity contribution is -0.119. The topological polar surface area (TPSA) is 68.0 Å². The van der Waals surface area contributed by atoms with Crippen LogP contribution in [0.2, 0.25) is 0 Å². The van der Waals surface area contributed by atoms with Gasteiger partial charge in [0, 0.05) is 28.4 Å². The van der Waals surface area contributed by atoms with Gasteiger partial charge in [-0.05, 0) is 38.1 Å².